The third kappa shape index (κ3) is 1.48. The molecule has 2 fully saturated rings. The highest BCUT2D eigenvalue weighted by molar-refractivity contribution is 6.10. The molecule has 0 radical (unpaired) electrons. The van der Waals surface area contributed by atoms with Crippen molar-refractivity contribution in [1.29, 1.82) is 0 Å². The largest absolute Gasteiger partial charge is 0.481 e. The number of piperidine rings is 1. The van der Waals surface area contributed by atoms with Crippen molar-refractivity contribution in [3.8, 4) is 0 Å². The summed E-state index contributed by atoms with van der Waals surface area (Å²) in [5.74, 6) is -1.89. The molecule has 94 valence electrons. The van der Waals surface area contributed by atoms with Gasteiger partial charge in [0.25, 0.3) is 0 Å². The van der Waals surface area contributed by atoms with Gasteiger partial charge >= 0.3 is 5.97 Å². The van der Waals surface area contributed by atoms with Crippen molar-refractivity contribution in [2.24, 2.45) is 22.7 Å². The van der Waals surface area contributed by atoms with E-state index in [1.807, 2.05) is 13.8 Å². The zero-order valence-electron chi connectivity index (χ0n) is 10.5. The second-order valence-corrected chi connectivity index (χ2v) is 6.23. The Balaban J connectivity index is 2.15. The molecule has 0 spiro atoms. The van der Waals surface area contributed by atoms with Crippen LogP contribution in [0.4, 0.5) is 0 Å². The van der Waals surface area contributed by atoms with E-state index in [2.05, 4.69) is 0 Å². The molecule has 2 rings (SSSR count). The molecule has 0 aromatic rings. The number of nitrogens with zero attached hydrogens (tertiary/aromatic N) is 1. The van der Waals surface area contributed by atoms with Crippen molar-refractivity contribution in [3.05, 3.63) is 0 Å². The van der Waals surface area contributed by atoms with Crippen molar-refractivity contribution in [3.63, 3.8) is 0 Å². The van der Waals surface area contributed by atoms with Crippen molar-refractivity contribution in [1.82, 2.24) is 4.90 Å². The maximum absolute atomic E-state index is 12.0. The van der Waals surface area contributed by atoms with Crippen LogP contribution in [0.2, 0.25) is 0 Å². The number of amides is 2. The topological polar surface area (TPSA) is 74.7 Å². The Morgan fingerprint density at radius 1 is 1.29 bits per heavy atom. The molecule has 2 unspecified atom stereocenters. The molecular weight excluding hydrogens is 222 g/mol. The third-order valence-corrected chi connectivity index (χ3v) is 4.02. The molecule has 5 heteroatoms. The fourth-order valence-corrected chi connectivity index (χ4v) is 2.62. The molecule has 2 atom stereocenters. The van der Waals surface area contributed by atoms with Gasteiger partial charge < -0.3 is 5.11 Å². The average molecular weight is 239 g/mol. The molecule has 0 aromatic heterocycles. The predicted octanol–water partition coefficient (Wildman–Crippen LogP) is 0.738. The maximum atomic E-state index is 12.0. The Bertz CT molecular complexity index is 400. The van der Waals surface area contributed by atoms with E-state index in [9.17, 15) is 14.4 Å². The van der Waals surface area contributed by atoms with Gasteiger partial charge in [0.2, 0.25) is 11.8 Å². The van der Waals surface area contributed by atoms with Gasteiger partial charge in [0.05, 0.1) is 17.3 Å². The number of likely N-dealkylation sites (tertiary alicyclic amines) is 1. The van der Waals surface area contributed by atoms with Gasteiger partial charge in [-0.15, -0.1) is 0 Å². The smallest absolute Gasteiger partial charge is 0.310 e. The van der Waals surface area contributed by atoms with Crippen molar-refractivity contribution < 1.29 is 19.5 Å². The molecular formula is C12H17NO4. The van der Waals surface area contributed by atoms with Gasteiger partial charge in [0.15, 0.2) is 0 Å². The van der Waals surface area contributed by atoms with E-state index >= 15 is 0 Å². The standard InChI is InChI=1S/C12H17NO4/c1-11(2,10(16)17)5-13-8(14)6-7(9(13)15)12(6,3)4/h6-7H,5H2,1-4H3,(H,16,17). The molecule has 2 amide bonds. The molecule has 1 saturated carbocycles. The van der Waals surface area contributed by atoms with E-state index in [-0.39, 0.29) is 35.6 Å². The zero-order valence-corrected chi connectivity index (χ0v) is 10.5. The number of hydrogen-bond donors (Lipinski definition) is 1. The number of carbonyl (C=O) groups is 3. The molecule has 0 bridgehead atoms. The van der Waals surface area contributed by atoms with E-state index in [1.54, 1.807) is 0 Å². The molecule has 1 aliphatic carbocycles. The minimum Gasteiger partial charge on any atom is -0.481 e. The number of hydrogen-bond acceptors (Lipinski definition) is 3. The van der Waals surface area contributed by atoms with Gasteiger partial charge in [0.1, 0.15) is 0 Å². The number of fused-ring (bicyclic) bond motifs is 1. The minimum atomic E-state index is -1.09. The van der Waals surface area contributed by atoms with Crippen molar-refractivity contribution in [2.75, 3.05) is 6.54 Å². The quantitative estimate of drug-likeness (QED) is 0.737. The van der Waals surface area contributed by atoms with Crippen molar-refractivity contribution >= 4 is 17.8 Å². The summed E-state index contributed by atoms with van der Waals surface area (Å²) in [4.78, 5) is 36.1. The highest BCUT2D eigenvalue weighted by Gasteiger charge is 2.72. The lowest BCUT2D eigenvalue weighted by Gasteiger charge is -2.27. The second kappa shape index (κ2) is 3.09. The summed E-state index contributed by atoms with van der Waals surface area (Å²) in [5.41, 5.74) is -1.33. The summed E-state index contributed by atoms with van der Waals surface area (Å²) < 4.78 is 0. The van der Waals surface area contributed by atoms with Gasteiger partial charge in [-0.3, -0.25) is 19.3 Å². The van der Waals surface area contributed by atoms with Crippen molar-refractivity contribution in [2.45, 2.75) is 27.7 Å². The summed E-state index contributed by atoms with van der Waals surface area (Å²) in [7, 11) is 0. The summed E-state index contributed by atoms with van der Waals surface area (Å²) >= 11 is 0. The lowest BCUT2D eigenvalue weighted by molar-refractivity contribution is -0.152. The van der Waals surface area contributed by atoms with Crippen LogP contribution in [-0.4, -0.2) is 34.3 Å². The molecule has 5 nitrogen and oxygen atoms in total. The first-order valence-corrected chi connectivity index (χ1v) is 5.69. The normalized spacial score (nSPS) is 30.5. The van der Waals surface area contributed by atoms with Crippen LogP contribution >= 0.6 is 0 Å². The Morgan fingerprint density at radius 3 is 2.06 bits per heavy atom. The fourth-order valence-electron chi connectivity index (χ4n) is 2.62. The zero-order chi connectivity index (χ0) is 13.2. The number of carbonyl (C=O) groups excluding carboxylic acids is 2. The summed E-state index contributed by atoms with van der Waals surface area (Å²) in [6.07, 6.45) is 0. The van der Waals surface area contributed by atoms with Crippen LogP contribution in [0, 0.1) is 22.7 Å². The fraction of sp³-hybridized carbons (Fsp3) is 0.750. The Kier molecular flexibility index (Phi) is 2.19. The predicted molar refractivity (Wildman–Crippen MR) is 58.9 cm³/mol. The summed E-state index contributed by atoms with van der Waals surface area (Å²) in [6, 6.07) is 0. The summed E-state index contributed by atoms with van der Waals surface area (Å²) in [5, 5.41) is 9.00. The number of rotatable bonds is 3. The second-order valence-electron chi connectivity index (χ2n) is 6.23. The van der Waals surface area contributed by atoms with Crippen LogP contribution in [0.25, 0.3) is 0 Å². The first-order valence-electron chi connectivity index (χ1n) is 5.69. The number of imide groups is 1. The van der Waals surface area contributed by atoms with E-state index in [0.29, 0.717) is 0 Å². The highest BCUT2D eigenvalue weighted by Crippen LogP contribution is 2.63. The molecule has 1 heterocycles. The van der Waals surface area contributed by atoms with Crippen LogP contribution in [0.15, 0.2) is 0 Å². The molecule has 2 aliphatic rings. The lowest BCUT2D eigenvalue weighted by Crippen LogP contribution is -2.45. The van der Waals surface area contributed by atoms with Gasteiger partial charge in [-0.2, -0.15) is 0 Å². The van der Waals surface area contributed by atoms with E-state index < -0.39 is 11.4 Å². The first-order chi connectivity index (χ1) is 7.60. The van der Waals surface area contributed by atoms with Crippen LogP contribution in [-0.2, 0) is 14.4 Å². The monoisotopic (exact) mass is 239 g/mol. The van der Waals surface area contributed by atoms with Gasteiger partial charge in [0, 0.05) is 6.54 Å². The number of aliphatic carboxylic acids is 1. The third-order valence-electron chi connectivity index (χ3n) is 4.02. The lowest BCUT2D eigenvalue weighted by atomic mass is 9.92. The van der Waals surface area contributed by atoms with Crippen LogP contribution in [0.1, 0.15) is 27.7 Å². The minimum absolute atomic E-state index is 0.0386. The first kappa shape index (κ1) is 12.1. The average Bonchev–Trinajstić information content (AvgIpc) is 2.65. The molecule has 1 N–H and O–H groups in total. The van der Waals surface area contributed by atoms with Gasteiger partial charge in [-0.25, -0.2) is 0 Å². The van der Waals surface area contributed by atoms with Gasteiger partial charge in [-0.1, -0.05) is 13.8 Å². The Labute approximate surface area is 99.8 Å². The van der Waals surface area contributed by atoms with Crippen LogP contribution in [0.5, 0.6) is 0 Å². The number of carboxylic acid groups (broad SMARTS) is 1. The molecule has 1 aliphatic heterocycles. The van der Waals surface area contributed by atoms with Crippen LogP contribution < -0.4 is 0 Å². The van der Waals surface area contributed by atoms with E-state index in [4.69, 9.17) is 5.11 Å². The summed E-state index contributed by atoms with van der Waals surface area (Å²) in [6.45, 7) is 6.80. The SMILES string of the molecule is CC(C)(CN1C(=O)C2C(C1=O)C2(C)C)C(=O)O. The number of carboxylic acids is 1. The molecule has 0 aromatic carbocycles. The Morgan fingerprint density at radius 2 is 1.71 bits per heavy atom. The molecule has 17 heavy (non-hydrogen) atoms. The van der Waals surface area contributed by atoms with Gasteiger partial charge in [-0.05, 0) is 19.3 Å². The van der Waals surface area contributed by atoms with E-state index in [1.165, 1.54) is 13.8 Å². The van der Waals surface area contributed by atoms with Crippen LogP contribution in [0.3, 0.4) is 0 Å². The Hall–Kier alpha value is -1.39. The van der Waals surface area contributed by atoms with E-state index in [0.717, 1.165) is 4.90 Å². The highest BCUT2D eigenvalue weighted by atomic mass is 16.4. The maximum Gasteiger partial charge on any atom is 0.310 e. The molecule has 1 saturated heterocycles.